The lowest BCUT2D eigenvalue weighted by Crippen LogP contribution is -2.36. The number of benzene rings is 1. The summed E-state index contributed by atoms with van der Waals surface area (Å²) in [5.41, 5.74) is 0.605. The number of sulfonamides is 1. The van der Waals surface area contributed by atoms with Gasteiger partial charge in [-0.3, -0.25) is 9.10 Å². The van der Waals surface area contributed by atoms with Crippen molar-refractivity contribution in [2.45, 2.75) is 33.1 Å². The summed E-state index contributed by atoms with van der Waals surface area (Å²) < 4.78 is 25.9. The summed E-state index contributed by atoms with van der Waals surface area (Å²) >= 11 is 0. The molecule has 0 fully saturated rings. The van der Waals surface area contributed by atoms with E-state index in [-0.39, 0.29) is 18.1 Å². The van der Waals surface area contributed by atoms with Crippen LogP contribution in [0.3, 0.4) is 0 Å². The van der Waals surface area contributed by atoms with Gasteiger partial charge in [-0.2, -0.15) is 0 Å². The van der Waals surface area contributed by atoms with E-state index in [0.717, 1.165) is 12.8 Å². The highest BCUT2D eigenvalue weighted by Gasteiger charge is 2.21. The Kier molecular flexibility index (Phi) is 7.38. The molecule has 0 spiro atoms. The molecule has 0 saturated carbocycles. The fourth-order valence-electron chi connectivity index (χ4n) is 2.21. The first-order chi connectivity index (χ1) is 10.4. The molecule has 0 saturated heterocycles. The summed E-state index contributed by atoms with van der Waals surface area (Å²) in [6, 6.07) is 8.88. The van der Waals surface area contributed by atoms with Crippen molar-refractivity contribution in [2.75, 3.05) is 30.2 Å². The third kappa shape index (κ3) is 5.33. The van der Waals surface area contributed by atoms with E-state index in [1.54, 1.807) is 29.2 Å². The van der Waals surface area contributed by atoms with Crippen molar-refractivity contribution in [2.24, 2.45) is 0 Å². The second kappa shape index (κ2) is 8.78. The van der Waals surface area contributed by atoms with Crippen molar-refractivity contribution in [3.05, 3.63) is 30.3 Å². The summed E-state index contributed by atoms with van der Waals surface area (Å²) in [6.45, 7) is 5.38. The van der Waals surface area contributed by atoms with Crippen LogP contribution in [0.4, 0.5) is 5.69 Å². The van der Waals surface area contributed by atoms with Crippen molar-refractivity contribution >= 4 is 21.6 Å². The van der Waals surface area contributed by atoms with Gasteiger partial charge in [0.05, 0.1) is 11.4 Å². The summed E-state index contributed by atoms with van der Waals surface area (Å²) in [4.78, 5) is 13.9. The molecular formula is C16H26N2O3S. The molecule has 0 unspecified atom stereocenters. The van der Waals surface area contributed by atoms with Crippen LogP contribution >= 0.6 is 0 Å². The Morgan fingerprint density at radius 3 is 2.09 bits per heavy atom. The van der Waals surface area contributed by atoms with E-state index < -0.39 is 10.0 Å². The molecule has 6 heteroatoms. The Hall–Kier alpha value is -1.56. The van der Waals surface area contributed by atoms with Crippen molar-refractivity contribution in [1.29, 1.82) is 0 Å². The molecule has 22 heavy (non-hydrogen) atoms. The SMILES string of the molecule is CCCN(CCC)C(=O)CCS(=O)(=O)N(C)c1ccccc1. The zero-order chi connectivity index (χ0) is 16.6. The molecule has 0 bridgehead atoms. The van der Waals surface area contributed by atoms with E-state index in [4.69, 9.17) is 0 Å². The van der Waals surface area contributed by atoms with Crippen LogP contribution in [-0.4, -0.2) is 45.1 Å². The highest BCUT2D eigenvalue weighted by molar-refractivity contribution is 7.92. The number of carbonyl (C=O) groups excluding carboxylic acids is 1. The maximum absolute atomic E-state index is 12.3. The molecule has 0 radical (unpaired) electrons. The van der Waals surface area contributed by atoms with Gasteiger partial charge in [0.2, 0.25) is 15.9 Å². The average Bonchev–Trinajstić information content (AvgIpc) is 2.52. The Balaban J connectivity index is 2.67. The van der Waals surface area contributed by atoms with E-state index >= 15 is 0 Å². The monoisotopic (exact) mass is 326 g/mol. The summed E-state index contributed by atoms with van der Waals surface area (Å²) in [7, 11) is -1.97. The first-order valence-electron chi connectivity index (χ1n) is 7.71. The van der Waals surface area contributed by atoms with E-state index in [2.05, 4.69) is 0 Å². The highest BCUT2D eigenvalue weighted by Crippen LogP contribution is 2.16. The van der Waals surface area contributed by atoms with E-state index in [1.807, 2.05) is 19.9 Å². The first-order valence-corrected chi connectivity index (χ1v) is 9.32. The smallest absolute Gasteiger partial charge is 0.235 e. The Bertz CT molecular complexity index is 552. The van der Waals surface area contributed by atoms with Gasteiger partial charge in [0.15, 0.2) is 0 Å². The molecule has 5 nitrogen and oxygen atoms in total. The molecular weight excluding hydrogens is 300 g/mol. The van der Waals surface area contributed by atoms with Gasteiger partial charge in [-0.25, -0.2) is 8.42 Å². The highest BCUT2D eigenvalue weighted by atomic mass is 32.2. The fourth-order valence-corrected chi connectivity index (χ4v) is 3.36. The molecule has 0 aliphatic rings. The second-order valence-corrected chi connectivity index (χ2v) is 7.37. The molecule has 1 amide bonds. The normalized spacial score (nSPS) is 11.2. The Morgan fingerprint density at radius 2 is 1.59 bits per heavy atom. The number of amides is 1. The van der Waals surface area contributed by atoms with Crippen LogP contribution < -0.4 is 4.31 Å². The number of nitrogens with zero attached hydrogens (tertiary/aromatic N) is 2. The van der Waals surface area contributed by atoms with Crippen LogP contribution in [0, 0.1) is 0 Å². The number of para-hydroxylation sites is 1. The van der Waals surface area contributed by atoms with Gasteiger partial charge in [-0.15, -0.1) is 0 Å². The maximum atomic E-state index is 12.3. The summed E-state index contributed by atoms with van der Waals surface area (Å²) in [5.74, 6) is -0.255. The molecule has 124 valence electrons. The molecule has 1 aromatic rings. The van der Waals surface area contributed by atoms with Crippen LogP contribution in [0.5, 0.6) is 0 Å². The zero-order valence-electron chi connectivity index (χ0n) is 13.7. The number of hydrogen-bond donors (Lipinski definition) is 0. The minimum atomic E-state index is -3.49. The molecule has 0 aliphatic heterocycles. The molecule has 0 heterocycles. The van der Waals surface area contributed by atoms with Crippen LogP contribution in [0.15, 0.2) is 30.3 Å². The predicted molar refractivity (Wildman–Crippen MR) is 90.4 cm³/mol. The van der Waals surface area contributed by atoms with Gasteiger partial charge in [0.1, 0.15) is 0 Å². The van der Waals surface area contributed by atoms with Gasteiger partial charge >= 0.3 is 0 Å². The quantitative estimate of drug-likeness (QED) is 0.700. The van der Waals surface area contributed by atoms with Gasteiger partial charge in [0, 0.05) is 26.6 Å². The van der Waals surface area contributed by atoms with Crippen LogP contribution in [0.2, 0.25) is 0 Å². The standard InChI is InChI=1S/C16H26N2O3S/c1-4-12-18(13-5-2)16(19)11-14-22(20,21)17(3)15-9-7-6-8-10-15/h6-10H,4-5,11-14H2,1-3H3. The predicted octanol–water partition coefficient (Wildman–Crippen LogP) is 2.49. The molecule has 0 aliphatic carbocycles. The summed E-state index contributed by atoms with van der Waals surface area (Å²) in [6.07, 6.45) is 1.78. The molecule has 0 N–H and O–H groups in total. The van der Waals surface area contributed by atoms with Crippen molar-refractivity contribution in [3.8, 4) is 0 Å². The number of carbonyl (C=O) groups is 1. The number of rotatable bonds is 9. The van der Waals surface area contributed by atoms with Crippen molar-refractivity contribution in [1.82, 2.24) is 4.90 Å². The Morgan fingerprint density at radius 1 is 1.05 bits per heavy atom. The summed E-state index contributed by atoms with van der Waals surface area (Å²) in [5, 5.41) is 0. The van der Waals surface area contributed by atoms with Gasteiger partial charge in [-0.05, 0) is 25.0 Å². The number of anilines is 1. The average molecular weight is 326 g/mol. The fraction of sp³-hybridized carbons (Fsp3) is 0.562. The number of hydrogen-bond acceptors (Lipinski definition) is 3. The van der Waals surface area contributed by atoms with E-state index in [0.29, 0.717) is 18.8 Å². The van der Waals surface area contributed by atoms with Gasteiger partial charge in [-0.1, -0.05) is 32.0 Å². The zero-order valence-corrected chi connectivity index (χ0v) is 14.5. The minimum absolute atomic E-state index is 0.0273. The lowest BCUT2D eigenvalue weighted by Gasteiger charge is -2.23. The maximum Gasteiger partial charge on any atom is 0.235 e. The third-order valence-electron chi connectivity index (χ3n) is 3.45. The molecule has 0 atom stereocenters. The van der Waals surface area contributed by atoms with E-state index in [1.165, 1.54) is 11.4 Å². The van der Waals surface area contributed by atoms with Crippen LogP contribution in [0.25, 0.3) is 0 Å². The first kappa shape index (κ1) is 18.5. The van der Waals surface area contributed by atoms with Gasteiger partial charge < -0.3 is 4.90 Å². The van der Waals surface area contributed by atoms with Crippen LogP contribution in [-0.2, 0) is 14.8 Å². The van der Waals surface area contributed by atoms with E-state index in [9.17, 15) is 13.2 Å². The molecule has 1 rings (SSSR count). The Labute approximate surface area is 134 Å². The largest absolute Gasteiger partial charge is 0.343 e. The lowest BCUT2D eigenvalue weighted by atomic mass is 10.3. The third-order valence-corrected chi connectivity index (χ3v) is 5.22. The van der Waals surface area contributed by atoms with Crippen molar-refractivity contribution in [3.63, 3.8) is 0 Å². The molecule has 0 aromatic heterocycles. The topological polar surface area (TPSA) is 57.7 Å². The molecule has 1 aromatic carbocycles. The van der Waals surface area contributed by atoms with Gasteiger partial charge in [0.25, 0.3) is 0 Å². The lowest BCUT2D eigenvalue weighted by molar-refractivity contribution is -0.130. The minimum Gasteiger partial charge on any atom is -0.343 e. The second-order valence-electron chi connectivity index (χ2n) is 5.25. The van der Waals surface area contributed by atoms with Crippen LogP contribution in [0.1, 0.15) is 33.1 Å². The van der Waals surface area contributed by atoms with Crippen molar-refractivity contribution < 1.29 is 13.2 Å².